The number of halogens is 2. The molecule has 1 aromatic rings. The fourth-order valence-electron chi connectivity index (χ4n) is 2.72. The maximum Gasteiger partial charge on any atom is 0.126 e. The predicted molar refractivity (Wildman–Crippen MR) is 85.4 cm³/mol. The van der Waals surface area contributed by atoms with E-state index in [0.29, 0.717) is 18.0 Å². The van der Waals surface area contributed by atoms with Crippen LogP contribution >= 0.6 is 0 Å². The fraction of sp³-hybridized carbons (Fsp3) is 0.667. The highest BCUT2D eigenvalue weighted by Crippen LogP contribution is 2.33. The van der Waals surface area contributed by atoms with Crippen LogP contribution in [-0.2, 0) is 6.42 Å². The molecule has 0 heterocycles. The minimum absolute atomic E-state index is 0.00505. The normalized spacial score (nSPS) is 14.4. The topological polar surface area (TPSA) is 12.0 Å². The molecule has 0 saturated carbocycles. The van der Waals surface area contributed by atoms with Crippen molar-refractivity contribution in [3.8, 4) is 0 Å². The molecule has 0 saturated heterocycles. The Hall–Kier alpha value is -0.960. The van der Waals surface area contributed by atoms with Crippen LogP contribution in [0.15, 0.2) is 18.2 Å². The third-order valence-corrected chi connectivity index (χ3v) is 4.27. The Kier molecular flexibility index (Phi) is 7.30. The second-order valence-corrected chi connectivity index (χ2v) is 6.41. The maximum atomic E-state index is 14.0. The van der Waals surface area contributed by atoms with Gasteiger partial charge in [0.15, 0.2) is 0 Å². The average Bonchev–Trinajstić information content (AvgIpc) is 2.45. The Balaban J connectivity index is 2.95. The van der Waals surface area contributed by atoms with E-state index in [4.69, 9.17) is 0 Å². The van der Waals surface area contributed by atoms with Crippen molar-refractivity contribution >= 4 is 0 Å². The molecule has 1 unspecified atom stereocenters. The van der Waals surface area contributed by atoms with Gasteiger partial charge in [0.1, 0.15) is 11.6 Å². The zero-order chi connectivity index (χ0) is 15.9. The van der Waals surface area contributed by atoms with E-state index in [1.165, 1.54) is 18.2 Å². The molecule has 120 valence electrons. The average molecular weight is 297 g/mol. The fourth-order valence-corrected chi connectivity index (χ4v) is 2.72. The number of rotatable bonds is 9. The number of nitrogens with one attached hydrogen (secondary N) is 1. The lowest BCUT2D eigenvalue weighted by Gasteiger charge is -2.34. The van der Waals surface area contributed by atoms with Gasteiger partial charge in [-0.2, -0.15) is 0 Å². The van der Waals surface area contributed by atoms with Crippen LogP contribution in [0.5, 0.6) is 0 Å². The van der Waals surface area contributed by atoms with Crippen molar-refractivity contribution in [2.75, 3.05) is 6.54 Å². The molecule has 1 aromatic carbocycles. The van der Waals surface area contributed by atoms with Gasteiger partial charge in [-0.25, -0.2) is 8.78 Å². The summed E-state index contributed by atoms with van der Waals surface area (Å²) < 4.78 is 27.4. The lowest BCUT2D eigenvalue weighted by atomic mass is 9.75. The van der Waals surface area contributed by atoms with E-state index in [-0.39, 0.29) is 17.0 Å². The van der Waals surface area contributed by atoms with Gasteiger partial charge >= 0.3 is 0 Å². The summed E-state index contributed by atoms with van der Waals surface area (Å²) in [5, 5.41) is 3.48. The zero-order valence-electron chi connectivity index (χ0n) is 13.8. The maximum absolute atomic E-state index is 14.0. The van der Waals surface area contributed by atoms with E-state index in [0.717, 1.165) is 32.2 Å². The van der Waals surface area contributed by atoms with Gasteiger partial charge in [-0.3, -0.25) is 0 Å². The van der Waals surface area contributed by atoms with Crippen molar-refractivity contribution in [2.45, 2.75) is 65.8 Å². The third kappa shape index (κ3) is 5.74. The zero-order valence-corrected chi connectivity index (χ0v) is 13.8. The van der Waals surface area contributed by atoms with Crippen molar-refractivity contribution in [3.05, 3.63) is 35.4 Å². The minimum Gasteiger partial charge on any atom is -0.314 e. The molecule has 0 spiro atoms. The van der Waals surface area contributed by atoms with Crippen molar-refractivity contribution in [2.24, 2.45) is 5.41 Å². The highest BCUT2D eigenvalue weighted by Gasteiger charge is 2.29. The van der Waals surface area contributed by atoms with Crippen LogP contribution in [0.25, 0.3) is 0 Å². The Bertz CT molecular complexity index is 431. The van der Waals surface area contributed by atoms with Gasteiger partial charge in [-0.1, -0.05) is 40.5 Å². The SMILES string of the molecule is CCCCC(CC)(CNC(C)C)Cc1cc(F)ccc1F. The molecule has 1 nitrogen and oxygen atoms in total. The lowest BCUT2D eigenvalue weighted by molar-refractivity contribution is 0.220. The molecular weight excluding hydrogens is 268 g/mol. The summed E-state index contributed by atoms with van der Waals surface area (Å²) >= 11 is 0. The molecule has 0 aromatic heterocycles. The summed E-state index contributed by atoms with van der Waals surface area (Å²) in [6, 6.07) is 4.17. The van der Waals surface area contributed by atoms with Crippen LogP contribution in [0.2, 0.25) is 0 Å². The predicted octanol–water partition coefficient (Wildman–Crippen LogP) is 5.09. The Morgan fingerprint density at radius 3 is 2.48 bits per heavy atom. The van der Waals surface area contributed by atoms with Crippen LogP contribution < -0.4 is 5.32 Å². The first kappa shape index (κ1) is 18.1. The molecule has 1 rings (SSSR count). The number of benzene rings is 1. The van der Waals surface area contributed by atoms with Gasteiger partial charge in [-0.15, -0.1) is 0 Å². The monoisotopic (exact) mass is 297 g/mol. The highest BCUT2D eigenvalue weighted by molar-refractivity contribution is 5.20. The molecule has 0 aliphatic carbocycles. The van der Waals surface area contributed by atoms with Crippen molar-refractivity contribution in [1.82, 2.24) is 5.32 Å². The summed E-state index contributed by atoms with van der Waals surface area (Å²) in [7, 11) is 0. The van der Waals surface area contributed by atoms with Gasteiger partial charge < -0.3 is 5.32 Å². The van der Waals surface area contributed by atoms with E-state index < -0.39 is 0 Å². The molecule has 21 heavy (non-hydrogen) atoms. The van der Waals surface area contributed by atoms with Gasteiger partial charge in [0.2, 0.25) is 0 Å². The van der Waals surface area contributed by atoms with Gasteiger partial charge in [0, 0.05) is 12.6 Å². The van der Waals surface area contributed by atoms with E-state index in [1.54, 1.807) is 0 Å². The first-order chi connectivity index (χ1) is 9.92. The summed E-state index contributed by atoms with van der Waals surface area (Å²) in [6.45, 7) is 9.39. The van der Waals surface area contributed by atoms with Crippen LogP contribution in [0.4, 0.5) is 8.78 Å². The number of hydrogen-bond donors (Lipinski definition) is 1. The van der Waals surface area contributed by atoms with E-state index >= 15 is 0 Å². The first-order valence-corrected chi connectivity index (χ1v) is 8.09. The Labute approximate surface area is 128 Å². The molecule has 0 amide bonds. The van der Waals surface area contributed by atoms with Gasteiger partial charge in [-0.05, 0) is 48.4 Å². The second-order valence-electron chi connectivity index (χ2n) is 6.41. The molecule has 0 bridgehead atoms. The summed E-state index contributed by atoms with van der Waals surface area (Å²) in [4.78, 5) is 0. The second kappa shape index (κ2) is 8.47. The first-order valence-electron chi connectivity index (χ1n) is 8.09. The summed E-state index contributed by atoms with van der Waals surface area (Å²) in [5.41, 5.74) is 0.494. The number of unbranched alkanes of at least 4 members (excludes halogenated alkanes) is 1. The van der Waals surface area contributed by atoms with Gasteiger partial charge in [0.25, 0.3) is 0 Å². The smallest absolute Gasteiger partial charge is 0.126 e. The molecular formula is C18H29F2N. The van der Waals surface area contributed by atoms with Gasteiger partial charge in [0.05, 0.1) is 0 Å². The Morgan fingerprint density at radius 1 is 1.19 bits per heavy atom. The molecule has 0 aliphatic rings. The van der Waals surface area contributed by atoms with Crippen molar-refractivity contribution in [3.63, 3.8) is 0 Å². The van der Waals surface area contributed by atoms with Crippen LogP contribution in [-0.4, -0.2) is 12.6 Å². The highest BCUT2D eigenvalue weighted by atomic mass is 19.1. The van der Waals surface area contributed by atoms with E-state index in [2.05, 4.69) is 33.0 Å². The van der Waals surface area contributed by atoms with Crippen molar-refractivity contribution in [1.29, 1.82) is 0 Å². The van der Waals surface area contributed by atoms with E-state index in [1.807, 2.05) is 0 Å². The third-order valence-electron chi connectivity index (χ3n) is 4.27. The van der Waals surface area contributed by atoms with Crippen molar-refractivity contribution < 1.29 is 8.78 Å². The summed E-state index contributed by atoms with van der Waals surface area (Å²) in [6.07, 6.45) is 4.82. The molecule has 0 aliphatic heterocycles. The Morgan fingerprint density at radius 2 is 1.90 bits per heavy atom. The summed E-state index contributed by atoms with van der Waals surface area (Å²) in [5.74, 6) is -0.654. The minimum atomic E-state index is -0.358. The molecule has 1 N–H and O–H groups in total. The van der Waals surface area contributed by atoms with E-state index in [9.17, 15) is 8.78 Å². The standard InChI is InChI=1S/C18H29F2N/c1-5-7-10-18(6-2,13-21-14(3)4)12-15-11-16(19)8-9-17(15)20/h8-9,11,14,21H,5-7,10,12-13H2,1-4H3. The van der Waals surface area contributed by atoms with Crippen LogP contribution in [0.1, 0.15) is 58.9 Å². The lowest BCUT2D eigenvalue weighted by Crippen LogP contribution is -2.39. The molecule has 3 heteroatoms. The van der Waals surface area contributed by atoms with Crippen LogP contribution in [0.3, 0.4) is 0 Å². The molecule has 0 radical (unpaired) electrons. The quantitative estimate of drug-likeness (QED) is 0.669. The molecule has 0 fully saturated rings. The largest absolute Gasteiger partial charge is 0.314 e. The van der Waals surface area contributed by atoms with Crippen LogP contribution in [0, 0.1) is 17.0 Å². The molecule has 1 atom stereocenters. The number of hydrogen-bond acceptors (Lipinski definition) is 1.